The van der Waals surface area contributed by atoms with E-state index in [4.69, 9.17) is 0 Å². The summed E-state index contributed by atoms with van der Waals surface area (Å²) in [6, 6.07) is 9.62. The molecule has 0 saturated carbocycles. The van der Waals surface area contributed by atoms with E-state index in [1.54, 1.807) is 17.7 Å². The fraction of sp³-hybridized carbons (Fsp3) is 0.200. The van der Waals surface area contributed by atoms with Crippen LogP contribution in [-0.2, 0) is 13.1 Å². The minimum Gasteiger partial charge on any atom is -0.369 e. The smallest absolute Gasteiger partial charge is 0.138 e. The maximum absolute atomic E-state index is 12.9. The predicted molar refractivity (Wildman–Crippen MR) is 80.9 cm³/mol. The van der Waals surface area contributed by atoms with E-state index in [0.29, 0.717) is 0 Å². The summed E-state index contributed by atoms with van der Waals surface area (Å²) in [6.45, 7) is 0.303. The summed E-state index contributed by atoms with van der Waals surface area (Å²) in [5.41, 5.74) is 1.80. The number of hydrogen-bond acceptors (Lipinski definition) is 4. The van der Waals surface area contributed by atoms with Gasteiger partial charge in [0.2, 0.25) is 0 Å². The van der Waals surface area contributed by atoms with Crippen LogP contribution in [0.4, 0.5) is 10.2 Å². The average Bonchev–Trinajstić information content (AvgIpc) is 2.97. The third kappa shape index (κ3) is 2.63. The lowest BCUT2D eigenvalue weighted by Gasteiger charge is -2.08. The molecule has 20 heavy (non-hydrogen) atoms. The molecular weight excluding hydrogens is 273 g/mol. The average molecular weight is 287 g/mol. The van der Waals surface area contributed by atoms with Gasteiger partial charge in [-0.25, -0.2) is 14.4 Å². The summed E-state index contributed by atoms with van der Waals surface area (Å²) in [4.78, 5) is 9.45. The largest absolute Gasteiger partial charge is 0.369 e. The fourth-order valence-electron chi connectivity index (χ4n) is 2.18. The van der Waals surface area contributed by atoms with Crippen LogP contribution in [0.1, 0.15) is 11.1 Å². The van der Waals surface area contributed by atoms with Gasteiger partial charge in [0.05, 0.1) is 5.39 Å². The molecule has 0 unspecified atom stereocenters. The monoisotopic (exact) mass is 287 g/mol. The number of alkyl halides is 1. The zero-order valence-electron chi connectivity index (χ0n) is 10.8. The van der Waals surface area contributed by atoms with Gasteiger partial charge in [0.15, 0.2) is 0 Å². The maximum atomic E-state index is 12.9. The number of halogens is 1. The van der Waals surface area contributed by atoms with Crippen LogP contribution in [0.2, 0.25) is 0 Å². The summed E-state index contributed by atoms with van der Waals surface area (Å²) in [5.74, 6) is 0.842. The quantitative estimate of drug-likeness (QED) is 0.775. The molecule has 3 nitrogen and oxygen atoms in total. The second-order valence-electron chi connectivity index (χ2n) is 4.44. The first-order valence-corrected chi connectivity index (χ1v) is 7.31. The van der Waals surface area contributed by atoms with Crippen LogP contribution in [0.15, 0.2) is 42.0 Å². The van der Waals surface area contributed by atoms with Gasteiger partial charge in [-0.1, -0.05) is 24.3 Å². The highest BCUT2D eigenvalue weighted by molar-refractivity contribution is 7.16. The SMILES string of the molecule is FCc1ccccc1CCNc1ncnc2sccc12. The first-order valence-electron chi connectivity index (χ1n) is 6.43. The van der Waals surface area contributed by atoms with Crippen LogP contribution < -0.4 is 5.32 Å². The van der Waals surface area contributed by atoms with Gasteiger partial charge in [0.1, 0.15) is 23.7 Å². The van der Waals surface area contributed by atoms with Gasteiger partial charge in [-0.15, -0.1) is 11.3 Å². The Hall–Kier alpha value is -2.01. The van der Waals surface area contributed by atoms with E-state index in [1.807, 2.05) is 35.7 Å². The second-order valence-corrected chi connectivity index (χ2v) is 5.34. The number of rotatable bonds is 5. The molecule has 2 heterocycles. The van der Waals surface area contributed by atoms with Crippen molar-refractivity contribution < 1.29 is 4.39 Å². The molecule has 5 heteroatoms. The third-order valence-electron chi connectivity index (χ3n) is 3.21. The van der Waals surface area contributed by atoms with Gasteiger partial charge in [-0.2, -0.15) is 0 Å². The summed E-state index contributed by atoms with van der Waals surface area (Å²) in [5, 5.41) is 6.35. The normalized spacial score (nSPS) is 10.8. The summed E-state index contributed by atoms with van der Waals surface area (Å²) in [6.07, 6.45) is 2.34. The molecule has 0 amide bonds. The Morgan fingerprint density at radius 2 is 1.95 bits per heavy atom. The van der Waals surface area contributed by atoms with Crippen LogP contribution >= 0.6 is 11.3 Å². The van der Waals surface area contributed by atoms with Crippen molar-refractivity contribution in [3.63, 3.8) is 0 Å². The Bertz CT molecular complexity index is 711. The first-order chi connectivity index (χ1) is 9.88. The number of fused-ring (bicyclic) bond motifs is 1. The number of nitrogens with one attached hydrogen (secondary N) is 1. The van der Waals surface area contributed by atoms with Crippen LogP contribution in [0.3, 0.4) is 0 Å². The molecule has 0 aliphatic heterocycles. The Kier molecular flexibility index (Phi) is 3.87. The van der Waals surface area contributed by atoms with Crippen molar-refractivity contribution in [2.75, 3.05) is 11.9 Å². The van der Waals surface area contributed by atoms with Crippen LogP contribution in [0.25, 0.3) is 10.2 Å². The zero-order chi connectivity index (χ0) is 13.8. The van der Waals surface area contributed by atoms with Gasteiger partial charge in [0, 0.05) is 6.54 Å². The standard InChI is InChI=1S/C15H14FN3S/c16-9-12-4-2-1-3-11(12)5-7-17-14-13-6-8-20-15(13)19-10-18-14/h1-4,6,8,10H,5,7,9H2,(H,17,18,19). The van der Waals surface area contributed by atoms with Gasteiger partial charge >= 0.3 is 0 Å². The van der Waals surface area contributed by atoms with E-state index < -0.39 is 6.67 Å². The van der Waals surface area contributed by atoms with Gasteiger partial charge < -0.3 is 5.32 Å². The lowest BCUT2D eigenvalue weighted by atomic mass is 10.1. The maximum Gasteiger partial charge on any atom is 0.138 e. The highest BCUT2D eigenvalue weighted by Gasteiger charge is 2.05. The van der Waals surface area contributed by atoms with Gasteiger partial charge in [-0.3, -0.25) is 0 Å². The van der Waals surface area contributed by atoms with E-state index in [-0.39, 0.29) is 0 Å². The van der Waals surface area contributed by atoms with Crippen molar-refractivity contribution in [2.24, 2.45) is 0 Å². The van der Waals surface area contributed by atoms with Crippen molar-refractivity contribution in [1.29, 1.82) is 0 Å². The van der Waals surface area contributed by atoms with Crippen LogP contribution in [0.5, 0.6) is 0 Å². The highest BCUT2D eigenvalue weighted by Crippen LogP contribution is 2.23. The Balaban J connectivity index is 1.69. The van der Waals surface area contributed by atoms with Crippen LogP contribution in [0, 0.1) is 0 Å². The molecule has 3 aromatic rings. The Morgan fingerprint density at radius 1 is 1.10 bits per heavy atom. The topological polar surface area (TPSA) is 37.8 Å². The van der Waals surface area contributed by atoms with E-state index in [2.05, 4.69) is 15.3 Å². The Labute approximate surface area is 120 Å². The second kappa shape index (κ2) is 5.96. The zero-order valence-corrected chi connectivity index (χ0v) is 11.7. The number of aromatic nitrogens is 2. The van der Waals surface area contributed by atoms with E-state index >= 15 is 0 Å². The summed E-state index contributed by atoms with van der Waals surface area (Å²) < 4.78 is 12.9. The molecule has 0 bridgehead atoms. The molecular formula is C15H14FN3S. The lowest BCUT2D eigenvalue weighted by molar-refractivity contribution is 0.482. The minimum absolute atomic E-state index is 0.418. The van der Waals surface area contributed by atoms with E-state index in [9.17, 15) is 4.39 Å². The number of thiophene rings is 1. The Morgan fingerprint density at radius 3 is 2.80 bits per heavy atom. The number of nitrogens with zero attached hydrogens (tertiary/aromatic N) is 2. The van der Waals surface area contributed by atoms with Crippen molar-refractivity contribution in [1.82, 2.24) is 9.97 Å². The third-order valence-corrected chi connectivity index (χ3v) is 4.03. The molecule has 0 atom stereocenters. The van der Waals surface area contributed by atoms with Crippen LogP contribution in [-0.4, -0.2) is 16.5 Å². The molecule has 0 fully saturated rings. The fourth-order valence-corrected chi connectivity index (χ4v) is 2.91. The number of anilines is 1. The summed E-state index contributed by atoms with van der Waals surface area (Å²) in [7, 11) is 0. The number of hydrogen-bond donors (Lipinski definition) is 1. The molecule has 102 valence electrons. The molecule has 1 aromatic carbocycles. The predicted octanol–water partition coefficient (Wildman–Crippen LogP) is 3.82. The van der Waals surface area contributed by atoms with Crippen molar-refractivity contribution in [3.8, 4) is 0 Å². The molecule has 1 N–H and O–H groups in total. The van der Waals surface area contributed by atoms with Crippen molar-refractivity contribution in [3.05, 3.63) is 53.2 Å². The minimum atomic E-state index is -0.418. The van der Waals surface area contributed by atoms with Gasteiger partial charge in [0.25, 0.3) is 0 Å². The molecule has 0 aliphatic rings. The first kappa shape index (κ1) is 13.0. The lowest BCUT2D eigenvalue weighted by Crippen LogP contribution is -2.08. The molecule has 3 rings (SSSR count). The highest BCUT2D eigenvalue weighted by atomic mass is 32.1. The summed E-state index contributed by atoms with van der Waals surface area (Å²) >= 11 is 1.60. The van der Waals surface area contributed by atoms with Crippen molar-refractivity contribution >= 4 is 27.4 Å². The number of benzene rings is 1. The molecule has 0 saturated heterocycles. The van der Waals surface area contributed by atoms with Crippen molar-refractivity contribution in [2.45, 2.75) is 13.1 Å². The van der Waals surface area contributed by atoms with Gasteiger partial charge in [-0.05, 0) is 29.0 Å². The molecule has 2 aromatic heterocycles. The molecule has 0 aliphatic carbocycles. The van der Waals surface area contributed by atoms with E-state index in [0.717, 1.165) is 40.1 Å². The molecule has 0 spiro atoms. The van der Waals surface area contributed by atoms with E-state index in [1.165, 1.54) is 0 Å². The molecule has 0 radical (unpaired) electrons.